The van der Waals surface area contributed by atoms with Gasteiger partial charge in [-0.3, -0.25) is 4.31 Å². The quantitative estimate of drug-likeness (QED) is 0.556. The zero-order valence-electron chi connectivity index (χ0n) is 15.4. The van der Waals surface area contributed by atoms with Crippen LogP contribution in [0.5, 0.6) is 0 Å². The molecule has 0 saturated heterocycles. The van der Waals surface area contributed by atoms with Crippen molar-refractivity contribution < 1.29 is 8.42 Å². The van der Waals surface area contributed by atoms with Crippen LogP contribution in [0, 0.1) is 0 Å². The number of rotatable bonds is 4. The lowest BCUT2D eigenvalue weighted by molar-refractivity contribution is 0.537. The van der Waals surface area contributed by atoms with E-state index in [1.165, 1.54) is 0 Å². The van der Waals surface area contributed by atoms with E-state index in [2.05, 4.69) is 21.2 Å². The van der Waals surface area contributed by atoms with Crippen LogP contribution in [0.1, 0.15) is 24.9 Å². The summed E-state index contributed by atoms with van der Waals surface area (Å²) < 4.78 is 29.3. The third-order valence-electron chi connectivity index (χ3n) is 5.01. The van der Waals surface area contributed by atoms with Crippen molar-refractivity contribution in [1.29, 1.82) is 0 Å². The fraction of sp³-hybridized carbons (Fsp3) is 0.182. The van der Waals surface area contributed by atoms with Gasteiger partial charge in [0.05, 0.1) is 16.6 Å². The van der Waals surface area contributed by atoms with Crippen LogP contribution in [-0.2, 0) is 10.0 Å². The molecule has 0 amide bonds. The summed E-state index contributed by atoms with van der Waals surface area (Å²) in [6.45, 7) is 1.96. The zero-order valence-corrected chi connectivity index (χ0v) is 17.8. The van der Waals surface area contributed by atoms with Crippen molar-refractivity contribution in [2.24, 2.45) is 0 Å². The number of halogens is 1. The van der Waals surface area contributed by atoms with Crippen molar-refractivity contribution in [1.82, 2.24) is 0 Å². The second kappa shape index (κ2) is 7.60. The lowest BCUT2D eigenvalue weighted by Crippen LogP contribution is -2.44. The summed E-state index contributed by atoms with van der Waals surface area (Å²) >= 11 is 3.37. The molecule has 0 spiro atoms. The molecule has 0 unspecified atom stereocenters. The third kappa shape index (κ3) is 3.54. The molecule has 0 saturated carbocycles. The van der Waals surface area contributed by atoms with Crippen molar-refractivity contribution in [2.75, 3.05) is 9.62 Å². The van der Waals surface area contributed by atoms with E-state index >= 15 is 0 Å². The molecule has 2 atom stereocenters. The van der Waals surface area contributed by atoms with Crippen molar-refractivity contribution >= 4 is 37.3 Å². The minimum Gasteiger partial charge on any atom is -0.378 e. The van der Waals surface area contributed by atoms with Crippen LogP contribution in [0.4, 0.5) is 11.4 Å². The minimum atomic E-state index is -3.65. The highest BCUT2D eigenvalue weighted by atomic mass is 79.9. The van der Waals surface area contributed by atoms with E-state index in [4.69, 9.17) is 0 Å². The van der Waals surface area contributed by atoms with Crippen LogP contribution in [0.15, 0.2) is 88.2 Å². The Morgan fingerprint density at radius 2 is 1.57 bits per heavy atom. The van der Waals surface area contributed by atoms with E-state index in [0.717, 1.165) is 21.4 Å². The maximum Gasteiger partial charge on any atom is 0.264 e. The number of anilines is 2. The molecule has 4 rings (SSSR count). The average molecular weight is 457 g/mol. The number of sulfonamides is 1. The van der Waals surface area contributed by atoms with Gasteiger partial charge >= 0.3 is 0 Å². The number of hydrogen-bond donors (Lipinski definition) is 1. The molecule has 28 heavy (non-hydrogen) atoms. The lowest BCUT2D eigenvalue weighted by Gasteiger charge is -2.40. The first-order valence-electron chi connectivity index (χ1n) is 9.17. The Hall–Kier alpha value is -2.31. The van der Waals surface area contributed by atoms with Gasteiger partial charge in [-0.25, -0.2) is 8.42 Å². The molecule has 0 fully saturated rings. The van der Waals surface area contributed by atoms with Crippen LogP contribution in [-0.4, -0.2) is 14.5 Å². The maximum absolute atomic E-state index is 13.4. The van der Waals surface area contributed by atoms with Gasteiger partial charge in [-0.2, -0.15) is 0 Å². The predicted octanol–water partition coefficient (Wildman–Crippen LogP) is 5.59. The Kier molecular flexibility index (Phi) is 5.17. The Morgan fingerprint density at radius 1 is 0.929 bits per heavy atom. The second-order valence-electron chi connectivity index (χ2n) is 6.96. The zero-order chi connectivity index (χ0) is 19.7. The summed E-state index contributed by atoms with van der Waals surface area (Å²) in [5.74, 6) is 0. The Balaban J connectivity index is 1.75. The highest BCUT2D eigenvalue weighted by Gasteiger charge is 2.37. The van der Waals surface area contributed by atoms with Gasteiger partial charge in [0.2, 0.25) is 0 Å². The molecule has 0 radical (unpaired) electrons. The molecule has 3 aromatic rings. The SMILES string of the molecule is C[C@H]1C[C@H](Nc2ccccc2)c2ccccc2N1S(=O)(=O)c1ccc(Br)cc1. The lowest BCUT2D eigenvalue weighted by atomic mass is 9.93. The van der Waals surface area contributed by atoms with Gasteiger partial charge < -0.3 is 5.32 Å². The van der Waals surface area contributed by atoms with Gasteiger partial charge in [-0.1, -0.05) is 52.3 Å². The molecule has 1 aliphatic rings. The van der Waals surface area contributed by atoms with E-state index in [-0.39, 0.29) is 12.1 Å². The number of hydrogen-bond acceptors (Lipinski definition) is 3. The summed E-state index contributed by atoms with van der Waals surface area (Å²) in [7, 11) is -3.65. The first-order valence-corrected chi connectivity index (χ1v) is 11.4. The van der Waals surface area contributed by atoms with Gasteiger partial charge in [0.1, 0.15) is 0 Å². The summed E-state index contributed by atoms with van der Waals surface area (Å²) in [4.78, 5) is 0.298. The van der Waals surface area contributed by atoms with E-state index < -0.39 is 10.0 Å². The average Bonchev–Trinajstić information content (AvgIpc) is 2.69. The molecule has 0 aliphatic carbocycles. The van der Waals surface area contributed by atoms with E-state index in [9.17, 15) is 8.42 Å². The first-order chi connectivity index (χ1) is 13.5. The number of nitrogens with one attached hydrogen (secondary N) is 1. The summed E-state index contributed by atoms with van der Waals surface area (Å²) in [6, 6.07) is 24.4. The largest absolute Gasteiger partial charge is 0.378 e. The number of benzene rings is 3. The molecule has 3 aromatic carbocycles. The fourth-order valence-corrected chi connectivity index (χ4v) is 5.70. The summed E-state index contributed by atoms with van der Waals surface area (Å²) in [5, 5.41) is 3.56. The van der Waals surface area contributed by atoms with Gasteiger partial charge in [0.15, 0.2) is 0 Å². The van der Waals surface area contributed by atoms with Crippen LogP contribution in [0.2, 0.25) is 0 Å². The normalized spacial score (nSPS) is 19.1. The monoisotopic (exact) mass is 456 g/mol. The van der Waals surface area contributed by atoms with Gasteiger partial charge in [0.25, 0.3) is 10.0 Å². The van der Waals surface area contributed by atoms with E-state index in [1.807, 2.05) is 61.5 Å². The Morgan fingerprint density at radius 3 is 2.29 bits per heavy atom. The summed E-state index contributed by atoms with van der Waals surface area (Å²) in [6.07, 6.45) is 0.682. The van der Waals surface area contributed by atoms with E-state index in [1.54, 1.807) is 28.6 Å². The maximum atomic E-state index is 13.4. The molecule has 0 bridgehead atoms. The van der Waals surface area contributed by atoms with Gasteiger partial charge in [-0.05, 0) is 61.4 Å². The Bertz CT molecular complexity index is 1070. The summed E-state index contributed by atoms with van der Waals surface area (Å²) in [5.41, 5.74) is 2.75. The molecule has 6 heteroatoms. The highest BCUT2D eigenvalue weighted by molar-refractivity contribution is 9.10. The van der Waals surface area contributed by atoms with Crippen LogP contribution >= 0.6 is 15.9 Å². The van der Waals surface area contributed by atoms with Crippen LogP contribution in [0.25, 0.3) is 0 Å². The topological polar surface area (TPSA) is 49.4 Å². The predicted molar refractivity (Wildman–Crippen MR) is 117 cm³/mol. The van der Waals surface area contributed by atoms with Crippen molar-refractivity contribution in [2.45, 2.75) is 30.3 Å². The molecule has 1 heterocycles. The second-order valence-corrected chi connectivity index (χ2v) is 9.69. The van der Waals surface area contributed by atoms with Gasteiger partial charge in [-0.15, -0.1) is 0 Å². The molecular formula is C22H21BrN2O2S. The van der Waals surface area contributed by atoms with Crippen LogP contribution < -0.4 is 9.62 Å². The number of para-hydroxylation sites is 2. The molecule has 1 aliphatic heterocycles. The molecule has 1 N–H and O–H groups in total. The minimum absolute atomic E-state index is 0.0463. The van der Waals surface area contributed by atoms with E-state index in [0.29, 0.717) is 11.3 Å². The third-order valence-corrected chi connectivity index (χ3v) is 7.48. The molecular weight excluding hydrogens is 436 g/mol. The molecule has 4 nitrogen and oxygen atoms in total. The van der Waals surface area contributed by atoms with Crippen LogP contribution in [0.3, 0.4) is 0 Å². The first kappa shape index (κ1) is 19.0. The van der Waals surface area contributed by atoms with Crippen molar-refractivity contribution in [3.63, 3.8) is 0 Å². The standard InChI is InChI=1S/C22H21BrN2O2S/c1-16-15-21(24-18-7-3-2-4-8-18)20-9-5-6-10-22(20)25(16)28(26,27)19-13-11-17(23)12-14-19/h2-14,16,21,24H,15H2,1H3/t16-,21-/m0/s1. The molecule has 144 valence electrons. The molecule has 0 aromatic heterocycles. The fourth-order valence-electron chi connectivity index (χ4n) is 3.74. The Labute approximate surface area is 174 Å². The van der Waals surface area contributed by atoms with Crippen molar-refractivity contribution in [3.8, 4) is 0 Å². The number of nitrogens with zero attached hydrogens (tertiary/aromatic N) is 1. The number of fused-ring (bicyclic) bond motifs is 1. The highest BCUT2D eigenvalue weighted by Crippen LogP contribution is 2.41. The van der Waals surface area contributed by atoms with Gasteiger partial charge in [0, 0.05) is 16.2 Å². The smallest absolute Gasteiger partial charge is 0.264 e. The van der Waals surface area contributed by atoms with Crippen molar-refractivity contribution in [3.05, 3.63) is 88.9 Å².